The lowest BCUT2D eigenvalue weighted by molar-refractivity contribution is -0.159. The summed E-state index contributed by atoms with van der Waals surface area (Å²) in [5.74, 6) is -3.45. The maximum Gasteiger partial charge on any atom is 0.408 e. The minimum atomic E-state index is -1.49. The van der Waals surface area contributed by atoms with Gasteiger partial charge in [0.15, 0.2) is 0 Å². The number of esters is 1. The third kappa shape index (κ3) is 11.4. The van der Waals surface area contributed by atoms with E-state index >= 15 is 0 Å². The molecule has 5 N–H and O–H groups in total. The van der Waals surface area contributed by atoms with Gasteiger partial charge in [0.25, 0.3) is 0 Å². The molecule has 2 aromatic carbocycles. The average molecular weight is 627 g/mol. The van der Waals surface area contributed by atoms with Crippen LogP contribution in [0.2, 0.25) is 0 Å². The number of hydrogen-bond donors (Lipinski definition) is 4. The molecule has 246 valence electrons. The first-order valence-corrected chi connectivity index (χ1v) is 14.8. The predicted octanol–water partition coefficient (Wildman–Crippen LogP) is 3.43. The number of nitrogens with one attached hydrogen (secondary N) is 2. The van der Waals surface area contributed by atoms with E-state index in [1.807, 2.05) is 6.07 Å². The van der Waals surface area contributed by atoms with Crippen LogP contribution >= 0.6 is 0 Å². The van der Waals surface area contributed by atoms with Gasteiger partial charge in [-0.3, -0.25) is 14.4 Å². The number of rotatable bonds is 12. The zero-order valence-corrected chi connectivity index (χ0v) is 27.3. The summed E-state index contributed by atoms with van der Waals surface area (Å²) >= 11 is 0. The highest BCUT2D eigenvalue weighted by molar-refractivity contribution is 5.96. The number of amides is 4. The quantitative estimate of drug-likeness (QED) is 0.259. The molecule has 0 saturated heterocycles. The van der Waals surface area contributed by atoms with Crippen LogP contribution in [0.4, 0.5) is 4.79 Å². The van der Waals surface area contributed by atoms with Crippen molar-refractivity contribution in [2.45, 2.75) is 97.6 Å². The molecule has 0 heterocycles. The highest BCUT2D eigenvalue weighted by atomic mass is 16.6. The zero-order chi connectivity index (χ0) is 34.1. The zero-order valence-electron chi connectivity index (χ0n) is 27.3. The van der Waals surface area contributed by atoms with Crippen molar-refractivity contribution in [3.8, 4) is 5.75 Å². The van der Waals surface area contributed by atoms with E-state index in [0.717, 1.165) is 10.5 Å². The van der Waals surface area contributed by atoms with E-state index in [0.29, 0.717) is 5.56 Å². The Morgan fingerprint density at radius 2 is 1.47 bits per heavy atom. The summed E-state index contributed by atoms with van der Waals surface area (Å²) in [4.78, 5) is 67.2. The van der Waals surface area contributed by atoms with Gasteiger partial charge in [0.2, 0.25) is 17.7 Å². The van der Waals surface area contributed by atoms with E-state index in [1.165, 1.54) is 6.07 Å². The van der Waals surface area contributed by atoms with Crippen LogP contribution < -0.4 is 16.4 Å². The van der Waals surface area contributed by atoms with E-state index in [-0.39, 0.29) is 24.3 Å². The molecule has 0 aromatic heterocycles. The molecular weight excluding hydrogens is 580 g/mol. The molecular formula is C33H46N4O8. The Bertz CT molecular complexity index is 1360. The lowest BCUT2D eigenvalue weighted by Crippen LogP contribution is -2.55. The first-order chi connectivity index (χ1) is 20.8. The van der Waals surface area contributed by atoms with Gasteiger partial charge in [-0.1, -0.05) is 48.5 Å². The fourth-order valence-corrected chi connectivity index (χ4v) is 4.54. The topological polar surface area (TPSA) is 177 Å². The van der Waals surface area contributed by atoms with E-state index in [1.54, 1.807) is 91.8 Å². The monoisotopic (exact) mass is 626 g/mol. The molecule has 0 aliphatic carbocycles. The van der Waals surface area contributed by atoms with Gasteiger partial charge in [-0.2, -0.15) is 0 Å². The Hall–Kier alpha value is -4.61. The smallest absolute Gasteiger partial charge is 0.408 e. The number of alkyl carbamates (subject to hydrolysis) is 1. The van der Waals surface area contributed by atoms with Gasteiger partial charge < -0.3 is 35.8 Å². The maximum atomic E-state index is 14.2. The fraction of sp³-hybridized carbons (Fsp3) is 0.485. The first-order valence-electron chi connectivity index (χ1n) is 14.8. The number of para-hydroxylation sites is 1. The molecule has 45 heavy (non-hydrogen) atoms. The van der Waals surface area contributed by atoms with Crippen LogP contribution in [0.1, 0.15) is 77.6 Å². The Labute approximate surface area is 264 Å². The van der Waals surface area contributed by atoms with Crippen molar-refractivity contribution >= 4 is 29.8 Å². The van der Waals surface area contributed by atoms with Crippen molar-refractivity contribution in [3.05, 3.63) is 65.2 Å². The predicted molar refractivity (Wildman–Crippen MR) is 168 cm³/mol. The van der Waals surface area contributed by atoms with Crippen LogP contribution in [0.5, 0.6) is 5.75 Å². The molecule has 3 unspecified atom stereocenters. The number of benzene rings is 2. The molecule has 0 aliphatic heterocycles. The molecule has 12 heteroatoms. The number of hydrogen-bond acceptors (Lipinski definition) is 8. The number of ether oxygens (including phenoxy) is 2. The second kappa shape index (κ2) is 15.4. The second-order valence-corrected chi connectivity index (χ2v) is 12.7. The summed E-state index contributed by atoms with van der Waals surface area (Å²) in [6, 6.07) is 9.58. The van der Waals surface area contributed by atoms with Crippen LogP contribution in [-0.4, -0.2) is 69.6 Å². The van der Waals surface area contributed by atoms with Crippen molar-refractivity contribution in [2.75, 3.05) is 6.54 Å². The van der Waals surface area contributed by atoms with Crippen molar-refractivity contribution in [1.29, 1.82) is 0 Å². The van der Waals surface area contributed by atoms with Gasteiger partial charge in [0.05, 0.1) is 6.42 Å². The Kier molecular flexibility index (Phi) is 12.5. The molecule has 0 spiro atoms. The minimum Gasteiger partial charge on any atom is -0.507 e. The molecule has 2 rings (SSSR count). The van der Waals surface area contributed by atoms with Crippen LogP contribution in [0.15, 0.2) is 48.5 Å². The molecule has 3 atom stereocenters. The summed E-state index contributed by atoms with van der Waals surface area (Å²) in [6.07, 6.45) is -1.47. The van der Waals surface area contributed by atoms with Crippen LogP contribution in [-0.2, 0) is 35.1 Å². The van der Waals surface area contributed by atoms with Crippen molar-refractivity contribution in [2.24, 2.45) is 5.73 Å². The van der Waals surface area contributed by atoms with Gasteiger partial charge in [-0.25, -0.2) is 9.59 Å². The minimum absolute atomic E-state index is 0.0699. The number of phenolic OH excluding ortho intramolecular Hbond substituents is 1. The summed E-state index contributed by atoms with van der Waals surface area (Å²) in [5.41, 5.74) is 4.91. The molecule has 0 saturated carbocycles. The maximum absolute atomic E-state index is 14.2. The Morgan fingerprint density at radius 1 is 0.867 bits per heavy atom. The van der Waals surface area contributed by atoms with E-state index < -0.39 is 65.5 Å². The SMILES string of the molecule is CCN(C(=O)C(CC(N)=O)NC(=O)OC(C)(C)C)C(C(=O)NC(Cc1ccccc1)C(=O)OC(C)(C)C)c1cccc(C)c1O. The molecule has 2 aromatic rings. The van der Waals surface area contributed by atoms with Gasteiger partial charge in [0.1, 0.15) is 35.1 Å². The lowest BCUT2D eigenvalue weighted by atomic mass is 9.98. The van der Waals surface area contributed by atoms with Gasteiger partial charge >= 0.3 is 12.1 Å². The lowest BCUT2D eigenvalue weighted by Gasteiger charge is -2.34. The number of phenols is 1. The molecule has 0 bridgehead atoms. The number of nitrogens with zero attached hydrogens (tertiary/aromatic N) is 1. The van der Waals surface area contributed by atoms with Crippen molar-refractivity contribution < 1.29 is 38.6 Å². The number of nitrogens with two attached hydrogens (primary N) is 1. The van der Waals surface area contributed by atoms with Crippen molar-refractivity contribution in [3.63, 3.8) is 0 Å². The number of carbonyl (C=O) groups excluding carboxylic acids is 5. The summed E-state index contributed by atoms with van der Waals surface area (Å²) in [6.45, 7) is 13.1. The standard InChI is InChI=1S/C33H46N4O8/c1-9-37(29(41)23(19-25(34)38)36-31(43)45-33(6,7)8)26(22-17-13-14-20(2)27(22)39)28(40)35-24(30(42)44-32(3,4)5)18-21-15-11-10-12-16-21/h10-17,23-24,26,39H,9,18-19H2,1-8H3,(H2,34,38)(H,35,40)(H,36,43). The van der Waals surface area contributed by atoms with E-state index in [9.17, 15) is 29.1 Å². The Morgan fingerprint density at radius 3 is 2.00 bits per heavy atom. The highest BCUT2D eigenvalue weighted by Gasteiger charge is 2.39. The summed E-state index contributed by atoms with van der Waals surface area (Å²) < 4.78 is 10.9. The fourth-order valence-electron chi connectivity index (χ4n) is 4.54. The Balaban J connectivity index is 2.60. The molecule has 0 radical (unpaired) electrons. The molecule has 0 fully saturated rings. The third-order valence-electron chi connectivity index (χ3n) is 6.43. The van der Waals surface area contributed by atoms with Crippen molar-refractivity contribution in [1.82, 2.24) is 15.5 Å². The summed E-state index contributed by atoms with van der Waals surface area (Å²) in [5, 5.41) is 16.2. The van der Waals surface area contributed by atoms with Gasteiger partial charge in [-0.05, 0) is 66.5 Å². The number of carbonyl (C=O) groups is 5. The van der Waals surface area contributed by atoms with Crippen LogP contribution in [0.25, 0.3) is 0 Å². The van der Waals surface area contributed by atoms with Gasteiger partial charge in [0, 0.05) is 18.5 Å². The number of aromatic hydroxyl groups is 1. The first kappa shape index (κ1) is 36.6. The van der Waals surface area contributed by atoms with E-state index in [4.69, 9.17) is 15.2 Å². The summed E-state index contributed by atoms with van der Waals surface area (Å²) in [7, 11) is 0. The van der Waals surface area contributed by atoms with Crippen LogP contribution in [0.3, 0.4) is 0 Å². The largest absolute Gasteiger partial charge is 0.507 e. The third-order valence-corrected chi connectivity index (χ3v) is 6.43. The van der Waals surface area contributed by atoms with E-state index in [2.05, 4.69) is 10.6 Å². The van der Waals surface area contributed by atoms with Crippen LogP contribution in [0, 0.1) is 6.92 Å². The number of aryl methyl sites for hydroxylation is 1. The number of likely N-dealkylation sites (N-methyl/N-ethyl adjacent to an activating group) is 1. The molecule has 0 aliphatic rings. The number of primary amides is 1. The normalized spacial score (nSPS) is 13.5. The highest BCUT2D eigenvalue weighted by Crippen LogP contribution is 2.32. The van der Waals surface area contributed by atoms with Gasteiger partial charge in [-0.15, -0.1) is 0 Å². The molecule has 12 nitrogen and oxygen atoms in total. The average Bonchev–Trinajstić information content (AvgIpc) is 2.90. The molecule has 4 amide bonds. The second-order valence-electron chi connectivity index (χ2n) is 12.7.